The number of nitrogens with zero attached hydrogens (tertiary/aromatic N) is 2. The summed E-state index contributed by atoms with van der Waals surface area (Å²) in [5.41, 5.74) is 1.27. The summed E-state index contributed by atoms with van der Waals surface area (Å²) < 4.78 is 32.3. The van der Waals surface area contributed by atoms with Gasteiger partial charge in [-0.15, -0.1) is 0 Å². The summed E-state index contributed by atoms with van der Waals surface area (Å²) in [5.74, 6) is 0.344. The standard InChI is InChI=1S/C21H29N3O4S/c1-5-23(6-2)29(26,27)18-13-14-20(28-4)19(15-18)22-16-21(25)24(7-3)17-11-9-8-10-12-17/h8-15,22H,5-7,16H2,1-4H3. The van der Waals surface area contributed by atoms with E-state index >= 15 is 0 Å². The smallest absolute Gasteiger partial charge is 0.246 e. The highest BCUT2D eigenvalue weighted by molar-refractivity contribution is 7.89. The van der Waals surface area contributed by atoms with Crippen LogP contribution in [-0.4, -0.2) is 51.9 Å². The number of para-hydroxylation sites is 1. The summed E-state index contributed by atoms with van der Waals surface area (Å²) in [6.45, 7) is 6.80. The van der Waals surface area contributed by atoms with Crippen LogP contribution in [0.3, 0.4) is 0 Å². The topological polar surface area (TPSA) is 79.0 Å². The molecule has 0 fully saturated rings. The van der Waals surface area contributed by atoms with Gasteiger partial charge in [0.15, 0.2) is 0 Å². The Morgan fingerprint density at radius 3 is 2.21 bits per heavy atom. The molecule has 158 valence electrons. The Balaban J connectivity index is 2.24. The van der Waals surface area contributed by atoms with Crippen LogP contribution in [-0.2, 0) is 14.8 Å². The Hall–Kier alpha value is -2.58. The molecule has 7 nitrogen and oxygen atoms in total. The van der Waals surface area contributed by atoms with Crippen molar-refractivity contribution in [2.24, 2.45) is 0 Å². The molecule has 2 rings (SSSR count). The average Bonchev–Trinajstić information content (AvgIpc) is 2.74. The van der Waals surface area contributed by atoms with Gasteiger partial charge in [0, 0.05) is 25.3 Å². The summed E-state index contributed by atoms with van der Waals surface area (Å²) in [6.07, 6.45) is 0. The van der Waals surface area contributed by atoms with Crippen LogP contribution in [0.5, 0.6) is 5.75 Å². The van der Waals surface area contributed by atoms with E-state index in [9.17, 15) is 13.2 Å². The third kappa shape index (κ3) is 5.27. The van der Waals surface area contributed by atoms with Crippen molar-refractivity contribution in [3.05, 3.63) is 48.5 Å². The number of nitrogens with one attached hydrogen (secondary N) is 1. The molecule has 0 radical (unpaired) electrons. The maximum absolute atomic E-state index is 12.8. The molecule has 0 aliphatic rings. The Kier molecular flexibility index (Phi) is 8.04. The number of methoxy groups -OCH3 is 1. The third-order valence-corrected chi connectivity index (χ3v) is 6.68. The number of hydrogen-bond acceptors (Lipinski definition) is 5. The van der Waals surface area contributed by atoms with Crippen LogP contribution in [0, 0.1) is 0 Å². The minimum Gasteiger partial charge on any atom is -0.495 e. The van der Waals surface area contributed by atoms with E-state index in [4.69, 9.17) is 4.74 Å². The Bertz CT molecular complexity index is 913. The predicted octanol–water partition coefficient (Wildman–Crippen LogP) is 3.19. The van der Waals surface area contributed by atoms with E-state index in [1.807, 2.05) is 37.3 Å². The first-order valence-electron chi connectivity index (χ1n) is 9.66. The summed E-state index contributed by atoms with van der Waals surface area (Å²) >= 11 is 0. The summed E-state index contributed by atoms with van der Waals surface area (Å²) in [7, 11) is -2.11. The number of rotatable bonds is 10. The SMILES string of the molecule is CCN(C(=O)CNc1cc(S(=O)(=O)N(CC)CC)ccc1OC)c1ccccc1. The minimum atomic E-state index is -3.61. The van der Waals surface area contributed by atoms with Gasteiger partial charge >= 0.3 is 0 Å². The number of carbonyl (C=O) groups is 1. The molecule has 0 saturated carbocycles. The molecular formula is C21H29N3O4S. The van der Waals surface area contributed by atoms with Gasteiger partial charge < -0.3 is 15.0 Å². The molecule has 0 aliphatic carbocycles. The van der Waals surface area contributed by atoms with E-state index in [1.54, 1.807) is 24.8 Å². The van der Waals surface area contributed by atoms with Gasteiger partial charge in [-0.3, -0.25) is 4.79 Å². The molecule has 1 N–H and O–H groups in total. The second kappa shape index (κ2) is 10.3. The van der Waals surface area contributed by atoms with Gasteiger partial charge in [-0.05, 0) is 37.3 Å². The molecule has 0 atom stereocenters. The van der Waals surface area contributed by atoms with Gasteiger partial charge in [0.25, 0.3) is 0 Å². The number of likely N-dealkylation sites (N-methyl/N-ethyl adjacent to an activating group) is 1. The Morgan fingerprint density at radius 1 is 1.00 bits per heavy atom. The van der Waals surface area contributed by atoms with E-state index < -0.39 is 10.0 Å². The van der Waals surface area contributed by atoms with Crippen molar-refractivity contribution < 1.29 is 17.9 Å². The quantitative estimate of drug-likeness (QED) is 0.640. The highest BCUT2D eigenvalue weighted by atomic mass is 32.2. The number of hydrogen-bond donors (Lipinski definition) is 1. The number of benzene rings is 2. The van der Waals surface area contributed by atoms with Crippen LogP contribution >= 0.6 is 0 Å². The molecule has 2 aromatic rings. The normalized spacial score (nSPS) is 11.3. The fourth-order valence-electron chi connectivity index (χ4n) is 3.08. The predicted molar refractivity (Wildman–Crippen MR) is 116 cm³/mol. The maximum Gasteiger partial charge on any atom is 0.246 e. The lowest BCUT2D eigenvalue weighted by Gasteiger charge is -2.22. The van der Waals surface area contributed by atoms with Gasteiger partial charge in [0.05, 0.1) is 24.2 Å². The fraction of sp³-hybridized carbons (Fsp3) is 0.381. The number of anilines is 2. The molecule has 1 amide bonds. The van der Waals surface area contributed by atoms with Crippen molar-refractivity contribution in [3.8, 4) is 5.75 Å². The highest BCUT2D eigenvalue weighted by Gasteiger charge is 2.23. The van der Waals surface area contributed by atoms with Crippen LogP contribution < -0.4 is 15.0 Å². The first-order valence-corrected chi connectivity index (χ1v) is 11.1. The van der Waals surface area contributed by atoms with Gasteiger partial charge in [0.1, 0.15) is 5.75 Å². The zero-order valence-electron chi connectivity index (χ0n) is 17.4. The second-order valence-electron chi connectivity index (χ2n) is 6.28. The van der Waals surface area contributed by atoms with Crippen molar-refractivity contribution in [1.29, 1.82) is 0 Å². The molecule has 0 unspecified atom stereocenters. The van der Waals surface area contributed by atoms with Crippen LogP contribution in [0.4, 0.5) is 11.4 Å². The lowest BCUT2D eigenvalue weighted by molar-refractivity contribution is -0.116. The van der Waals surface area contributed by atoms with Gasteiger partial charge in [-0.25, -0.2) is 8.42 Å². The summed E-state index contributed by atoms with van der Waals surface area (Å²) in [4.78, 5) is 14.5. The molecule has 2 aromatic carbocycles. The highest BCUT2D eigenvalue weighted by Crippen LogP contribution is 2.29. The van der Waals surface area contributed by atoms with Gasteiger partial charge in [-0.2, -0.15) is 4.31 Å². The average molecular weight is 420 g/mol. The first kappa shape index (κ1) is 22.7. The summed E-state index contributed by atoms with van der Waals surface area (Å²) in [5, 5.41) is 3.04. The van der Waals surface area contributed by atoms with Crippen LogP contribution in [0.15, 0.2) is 53.4 Å². The Labute approximate surface area is 173 Å². The second-order valence-corrected chi connectivity index (χ2v) is 8.22. The van der Waals surface area contributed by atoms with Crippen molar-refractivity contribution in [3.63, 3.8) is 0 Å². The van der Waals surface area contributed by atoms with Crippen LogP contribution in [0.2, 0.25) is 0 Å². The maximum atomic E-state index is 12.8. The lowest BCUT2D eigenvalue weighted by atomic mass is 10.2. The van der Waals surface area contributed by atoms with E-state index in [1.165, 1.54) is 23.5 Å². The van der Waals surface area contributed by atoms with Crippen LogP contribution in [0.1, 0.15) is 20.8 Å². The number of ether oxygens (including phenoxy) is 1. The first-order chi connectivity index (χ1) is 13.9. The largest absolute Gasteiger partial charge is 0.495 e. The van der Waals surface area contributed by atoms with E-state index in [0.717, 1.165) is 5.69 Å². The minimum absolute atomic E-state index is 0.00780. The van der Waals surface area contributed by atoms with E-state index in [0.29, 0.717) is 31.1 Å². The van der Waals surface area contributed by atoms with Gasteiger partial charge in [0.2, 0.25) is 15.9 Å². The zero-order chi connectivity index (χ0) is 21.4. The molecular weight excluding hydrogens is 390 g/mol. The molecule has 0 heterocycles. The molecule has 0 bridgehead atoms. The van der Waals surface area contributed by atoms with E-state index in [-0.39, 0.29) is 17.3 Å². The van der Waals surface area contributed by atoms with Crippen LogP contribution in [0.25, 0.3) is 0 Å². The lowest BCUT2D eigenvalue weighted by Crippen LogP contribution is -2.35. The fourth-order valence-corrected chi connectivity index (χ4v) is 4.56. The van der Waals surface area contributed by atoms with E-state index in [2.05, 4.69) is 5.32 Å². The van der Waals surface area contributed by atoms with Crippen molar-refractivity contribution >= 4 is 27.3 Å². The molecule has 0 saturated heterocycles. The van der Waals surface area contributed by atoms with Crippen molar-refractivity contribution in [2.75, 3.05) is 43.5 Å². The molecule has 0 spiro atoms. The van der Waals surface area contributed by atoms with Gasteiger partial charge in [-0.1, -0.05) is 32.0 Å². The Morgan fingerprint density at radius 2 is 1.66 bits per heavy atom. The monoisotopic (exact) mass is 419 g/mol. The third-order valence-electron chi connectivity index (χ3n) is 4.63. The number of amides is 1. The zero-order valence-corrected chi connectivity index (χ0v) is 18.2. The van der Waals surface area contributed by atoms with Crippen molar-refractivity contribution in [1.82, 2.24) is 4.31 Å². The molecule has 0 aliphatic heterocycles. The molecule has 0 aromatic heterocycles. The summed E-state index contributed by atoms with van der Waals surface area (Å²) in [6, 6.07) is 14.0. The molecule has 29 heavy (non-hydrogen) atoms. The van der Waals surface area contributed by atoms with Crippen molar-refractivity contribution in [2.45, 2.75) is 25.7 Å². The number of carbonyl (C=O) groups excluding carboxylic acids is 1. The molecule has 8 heteroatoms. The number of sulfonamides is 1.